The molecule has 3 fully saturated rings. The summed E-state index contributed by atoms with van der Waals surface area (Å²) in [5, 5.41) is 0.263. The van der Waals surface area contributed by atoms with Crippen LogP contribution in [0.1, 0.15) is 37.7 Å². The van der Waals surface area contributed by atoms with Crippen LogP contribution in [0, 0.1) is 11.8 Å². The first-order valence-corrected chi connectivity index (χ1v) is 11.4. The van der Waals surface area contributed by atoms with Gasteiger partial charge in [0, 0.05) is 37.1 Å². The van der Waals surface area contributed by atoms with Gasteiger partial charge in [-0.3, -0.25) is 4.79 Å². The maximum Gasteiger partial charge on any atom is 0.225 e. The van der Waals surface area contributed by atoms with Gasteiger partial charge in [-0.25, -0.2) is 8.42 Å². The Hall–Kier alpha value is -1.11. The molecule has 1 saturated carbocycles. The lowest BCUT2D eigenvalue weighted by Gasteiger charge is -2.31. The van der Waals surface area contributed by atoms with Crippen LogP contribution in [0.2, 0.25) is 5.02 Å². The van der Waals surface area contributed by atoms with Gasteiger partial charge in [-0.1, -0.05) is 30.2 Å². The summed E-state index contributed by atoms with van der Waals surface area (Å²) < 4.78 is 27.7. The number of fused-ring (bicyclic) bond motifs is 1. The van der Waals surface area contributed by atoms with E-state index in [4.69, 9.17) is 11.6 Å². The summed E-state index contributed by atoms with van der Waals surface area (Å²) in [4.78, 5) is 14.4. The molecule has 5 nitrogen and oxygen atoms in total. The van der Waals surface area contributed by atoms with Crippen molar-refractivity contribution in [3.8, 4) is 0 Å². The van der Waals surface area contributed by atoms with Gasteiger partial charge in [0.25, 0.3) is 0 Å². The number of sulfonamides is 1. The predicted molar refractivity (Wildman–Crippen MR) is 101 cm³/mol. The molecule has 2 saturated heterocycles. The first kappa shape index (κ1) is 18.3. The Kier molecular flexibility index (Phi) is 5.01. The van der Waals surface area contributed by atoms with Crippen LogP contribution in [0.4, 0.5) is 0 Å². The van der Waals surface area contributed by atoms with Crippen molar-refractivity contribution in [2.24, 2.45) is 11.8 Å². The van der Waals surface area contributed by atoms with Crippen molar-refractivity contribution in [2.75, 3.05) is 19.6 Å². The van der Waals surface area contributed by atoms with Crippen LogP contribution in [-0.4, -0.2) is 48.4 Å². The molecule has 0 aromatic heterocycles. The number of rotatable bonds is 3. The zero-order valence-electron chi connectivity index (χ0n) is 14.8. The van der Waals surface area contributed by atoms with E-state index in [1.165, 1.54) is 0 Å². The summed E-state index contributed by atoms with van der Waals surface area (Å²) in [5.41, 5.74) is 0.916. The monoisotopic (exact) mass is 396 g/mol. The van der Waals surface area contributed by atoms with Gasteiger partial charge in [0.2, 0.25) is 15.9 Å². The summed E-state index contributed by atoms with van der Waals surface area (Å²) in [6.07, 6.45) is 4.45. The zero-order chi connectivity index (χ0) is 18.3. The number of halogens is 1. The summed E-state index contributed by atoms with van der Waals surface area (Å²) in [6, 6.07) is 7.38. The zero-order valence-corrected chi connectivity index (χ0v) is 16.4. The van der Waals surface area contributed by atoms with E-state index in [0.717, 1.165) is 31.2 Å². The molecule has 142 valence electrons. The third kappa shape index (κ3) is 3.39. The van der Waals surface area contributed by atoms with Crippen LogP contribution in [0.15, 0.2) is 24.3 Å². The Morgan fingerprint density at radius 1 is 1.15 bits per heavy atom. The fraction of sp³-hybridized carbons (Fsp3) is 0.632. The highest BCUT2D eigenvalue weighted by Crippen LogP contribution is 2.36. The molecule has 4 rings (SSSR count). The molecule has 26 heavy (non-hydrogen) atoms. The van der Waals surface area contributed by atoms with Gasteiger partial charge in [-0.2, -0.15) is 4.31 Å². The van der Waals surface area contributed by atoms with Crippen molar-refractivity contribution in [2.45, 2.75) is 43.9 Å². The normalized spacial score (nSPS) is 29.0. The van der Waals surface area contributed by atoms with Gasteiger partial charge in [0.1, 0.15) is 0 Å². The second kappa shape index (κ2) is 7.13. The van der Waals surface area contributed by atoms with Crippen molar-refractivity contribution < 1.29 is 13.2 Å². The van der Waals surface area contributed by atoms with Crippen molar-refractivity contribution in [3.05, 3.63) is 34.9 Å². The van der Waals surface area contributed by atoms with Crippen LogP contribution in [0.3, 0.4) is 0 Å². The third-order valence-corrected chi connectivity index (χ3v) is 8.79. The summed E-state index contributed by atoms with van der Waals surface area (Å²) in [5.74, 6) is 0.534. The lowest BCUT2D eigenvalue weighted by atomic mass is 9.84. The van der Waals surface area contributed by atoms with Crippen LogP contribution in [0.25, 0.3) is 0 Å². The molecule has 1 amide bonds. The largest absolute Gasteiger partial charge is 0.342 e. The van der Waals surface area contributed by atoms with Crippen LogP contribution in [-0.2, 0) is 21.4 Å². The number of amides is 1. The van der Waals surface area contributed by atoms with E-state index < -0.39 is 10.0 Å². The maximum atomic E-state index is 13.0. The van der Waals surface area contributed by atoms with Gasteiger partial charge >= 0.3 is 0 Å². The lowest BCUT2D eigenvalue weighted by Crippen LogP contribution is -2.40. The quantitative estimate of drug-likeness (QED) is 0.789. The molecule has 0 radical (unpaired) electrons. The highest BCUT2D eigenvalue weighted by atomic mass is 35.5. The number of likely N-dealkylation sites (tertiary alicyclic amines) is 1. The van der Waals surface area contributed by atoms with Crippen molar-refractivity contribution in [1.82, 2.24) is 9.21 Å². The molecule has 0 unspecified atom stereocenters. The van der Waals surface area contributed by atoms with E-state index in [2.05, 4.69) is 0 Å². The molecule has 0 spiro atoms. The maximum absolute atomic E-state index is 13.0. The average Bonchev–Trinajstić information content (AvgIpc) is 2.70. The molecule has 7 heteroatoms. The second-order valence-corrected chi connectivity index (χ2v) is 10.4. The first-order valence-electron chi connectivity index (χ1n) is 9.47. The van der Waals surface area contributed by atoms with Crippen molar-refractivity contribution in [3.63, 3.8) is 0 Å². The Balaban J connectivity index is 1.45. The topological polar surface area (TPSA) is 57.7 Å². The molecule has 1 aromatic rings. The average molecular weight is 397 g/mol. The first-order chi connectivity index (χ1) is 12.4. The number of carbonyl (C=O) groups excluding carboxylic acids is 1. The number of hydrogen-bond donors (Lipinski definition) is 0. The minimum absolute atomic E-state index is 0.110. The van der Waals surface area contributed by atoms with Crippen molar-refractivity contribution in [1.29, 1.82) is 0 Å². The Bertz CT molecular complexity index is 794. The molecule has 2 heterocycles. The molecule has 3 aliphatic rings. The molecule has 2 aliphatic heterocycles. The van der Waals surface area contributed by atoms with E-state index in [1.807, 2.05) is 23.1 Å². The Morgan fingerprint density at radius 3 is 2.62 bits per heavy atom. The minimum Gasteiger partial charge on any atom is -0.342 e. The van der Waals surface area contributed by atoms with Crippen molar-refractivity contribution >= 4 is 27.5 Å². The molecule has 1 aromatic carbocycles. The number of nitrogens with zero attached hydrogens (tertiary/aromatic N) is 2. The van der Waals surface area contributed by atoms with E-state index in [9.17, 15) is 13.2 Å². The van der Waals surface area contributed by atoms with Crippen LogP contribution >= 0.6 is 11.6 Å². The second-order valence-electron chi connectivity index (χ2n) is 7.80. The molecular formula is C19H25ClN2O3S. The SMILES string of the molecule is O=C(C1CCC1)N1CC[C@H]2CN(Cc3cccc(Cl)c3)S(=O)(=O)[C@@H]2CC1. The molecule has 2 atom stereocenters. The smallest absolute Gasteiger partial charge is 0.225 e. The van der Waals surface area contributed by atoms with Crippen LogP contribution in [0.5, 0.6) is 0 Å². The Labute approximate surface area is 160 Å². The standard InChI is InChI=1S/C19H25ClN2O3S/c20-17-6-1-3-14(11-17)12-22-13-16-7-9-21(19(23)15-4-2-5-15)10-8-18(16)26(22,24)25/h1,3,6,11,15-16,18H,2,4-5,7-10,12-13H2/t16-,18+/m0/s1. The van der Waals surface area contributed by atoms with Gasteiger partial charge in [0.05, 0.1) is 5.25 Å². The van der Waals surface area contributed by atoms with E-state index in [-0.39, 0.29) is 23.0 Å². The summed E-state index contributed by atoms with van der Waals surface area (Å²) >= 11 is 6.03. The Morgan fingerprint density at radius 2 is 1.92 bits per heavy atom. The molecule has 1 aliphatic carbocycles. The van der Waals surface area contributed by atoms with Gasteiger partial charge < -0.3 is 4.90 Å². The predicted octanol–water partition coefficient (Wildman–Crippen LogP) is 2.89. The molecule has 0 bridgehead atoms. The van der Waals surface area contributed by atoms with E-state index >= 15 is 0 Å². The lowest BCUT2D eigenvalue weighted by molar-refractivity contribution is -0.138. The van der Waals surface area contributed by atoms with E-state index in [0.29, 0.717) is 37.6 Å². The summed E-state index contributed by atoms with van der Waals surface area (Å²) in [7, 11) is -3.33. The fourth-order valence-corrected chi connectivity index (χ4v) is 6.86. The molecule has 0 N–H and O–H groups in total. The van der Waals surface area contributed by atoms with E-state index in [1.54, 1.807) is 10.4 Å². The van der Waals surface area contributed by atoms with Gasteiger partial charge in [-0.05, 0) is 49.3 Å². The number of benzene rings is 1. The minimum atomic E-state index is -3.33. The highest BCUT2D eigenvalue weighted by molar-refractivity contribution is 7.90. The highest BCUT2D eigenvalue weighted by Gasteiger charge is 2.47. The fourth-order valence-electron chi connectivity index (χ4n) is 4.42. The molecular weight excluding hydrogens is 372 g/mol. The number of hydrogen-bond acceptors (Lipinski definition) is 3. The summed E-state index contributed by atoms with van der Waals surface area (Å²) in [6.45, 7) is 2.18. The van der Waals surface area contributed by atoms with Crippen LogP contribution < -0.4 is 0 Å². The third-order valence-electron chi connectivity index (χ3n) is 6.17. The van der Waals surface area contributed by atoms with Gasteiger partial charge in [0.15, 0.2) is 0 Å². The number of carbonyl (C=O) groups is 1. The van der Waals surface area contributed by atoms with Gasteiger partial charge in [-0.15, -0.1) is 0 Å².